The molecule has 0 aromatic heterocycles. The highest BCUT2D eigenvalue weighted by Crippen LogP contribution is 2.29. The highest BCUT2D eigenvalue weighted by molar-refractivity contribution is 7.89. The first-order chi connectivity index (χ1) is 13.4. The Labute approximate surface area is 161 Å². The molecule has 0 saturated carbocycles. The van der Waals surface area contributed by atoms with E-state index in [9.17, 15) is 23.6 Å². The van der Waals surface area contributed by atoms with Crippen LogP contribution in [0.4, 0.5) is 11.4 Å². The number of sulfonamides is 1. The number of aromatic hydroxyl groups is 1. The van der Waals surface area contributed by atoms with Gasteiger partial charge in [0.15, 0.2) is 0 Å². The largest absolute Gasteiger partial charge is 0.507 e. The first kappa shape index (κ1) is 19.7. The second-order valence-electron chi connectivity index (χ2n) is 5.88. The molecule has 28 heavy (non-hydrogen) atoms. The molecule has 2 aromatic carbocycles. The van der Waals surface area contributed by atoms with Crippen LogP contribution in [0.15, 0.2) is 52.5 Å². The molecule has 0 spiro atoms. The van der Waals surface area contributed by atoms with Crippen molar-refractivity contribution in [2.45, 2.75) is 4.90 Å². The lowest BCUT2D eigenvalue weighted by Gasteiger charge is -2.26. The molecule has 1 saturated heterocycles. The highest BCUT2D eigenvalue weighted by atomic mass is 32.2. The second kappa shape index (κ2) is 8.33. The van der Waals surface area contributed by atoms with Crippen LogP contribution in [0.5, 0.6) is 5.75 Å². The van der Waals surface area contributed by atoms with Crippen molar-refractivity contribution in [1.29, 1.82) is 0 Å². The van der Waals surface area contributed by atoms with E-state index in [4.69, 9.17) is 4.74 Å². The number of morpholine rings is 1. The van der Waals surface area contributed by atoms with E-state index in [0.717, 1.165) is 6.07 Å². The summed E-state index contributed by atoms with van der Waals surface area (Å²) in [6, 6.07) is 9.96. The number of ether oxygens (including phenoxy) is 1. The molecule has 10 nitrogen and oxygen atoms in total. The van der Waals surface area contributed by atoms with Crippen LogP contribution in [0.25, 0.3) is 0 Å². The number of phenols is 1. The maximum atomic E-state index is 13.0. The van der Waals surface area contributed by atoms with Gasteiger partial charge in [-0.3, -0.25) is 15.5 Å². The van der Waals surface area contributed by atoms with Gasteiger partial charge in [-0.25, -0.2) is 8.42 Å². The highest BCUT2D eigenvalue weighted by Gasteiger charge is 2.30. The van der Waals surface area contributed by atoms with Crippen LogP contribution in [0.1, 0.15) is 5.56 Å². The van der Waals surface area contributed by atoms with E-state index in [1.54, 1.807) is 18.2 Å². The summed E-state index contributed by atoms with van der Waals surface area (Å²) in [6.45, 7) is 0.821. The SMILES string of the molecule is O=[N+]([O-])c1ccc(NN=Cc2ccccc2O)c(S(=O)(=O)N2CCOCC2)c1. The minimum Gasteiger partial charge on any atom is -0.507 e. The molecule has 2 aromatic rings. The Morgan fingerprint density at radius 2 is 1.93 bits per heavy atom. The molecule has 1 aliphatic heterocycles. The number of hydrogen-bond acceptors (Lipinski definition) is 8. The fraction of sp³-hybridized carbons (Fsp3) is 0.235. The number of non-ortho nitro benzene ring substituents is 1. The van der Waals surface area contributed by atoms with Crippen LogP contribution >= 0.6 is 0 Å². The smallest absolute Gasteiger partial charge is 0.270 e. The molecular formula is C17H18N4O6S. The lowest BCUT2D eigenvalue weighted by molar-refractivity contribution is -0.385. The van der Waals surface area contributed by atoms with Gasteiger partial charge in [0.1, 0.15) is 10.6 Å². The molecule has 1 aliphatic rings. The molecule has 148 valence electrons. The summed E-state index contributed by atoms with van der Waals surface area (Å²) in [5.74, 6) is 0.0120. The number of anilines is 1. The minimum absolute atomic E-state index is 0.0120. The molecule has 1 fully saturated rings. The standard InChI is InChI=1S/C17H18N4O6S/c22-16-4-2-1-3-13(16)12-18-19-15-6-5-14(21(23)24)11-17(15)28(25,26)20-7-9-27-10-8-20/h1-6,11-12,19,22H,7-10H2. The Morgan fingerprint density at radius 3 is 2.61 bits per heavy atom. The molecule has 0 amide bonds. The molecule has 0 unspecified atom stereocenters. The maximum Gasteiger partial charge on any atom is 0.270 e. The average molecular weight is 406 g/mol. The van der Waals surface area contributed by atoms with Gasteiger partial charge in [0.05, 0.1) is 30.0 Å². The third kappa shape index (κ3) is 4.27. The number of nitrogens with zero attached hydrogens (tertiary/aromatic N) is 3. The Morgan fingerprint density at radius 1 is 1.21 bits per heavy atom. The summed E-state index contributed by atoms with van der Waals surface area (Å²) >= 11 is 0. The molecule has 3 rings (SSSR count). The zero-order valence-electron chi connectivity index (χ0n) is 14.7. The minimum atomic E-state index is -3.99. The predicted octanol–water partition coefficient (Wildman–Crippen LogP) is 1.77. The van der Waals surface area contributed by atoms with Crippen molar-refractivity contribution >= 4 is 27.6 Å². The second-order valence-corrected chi connectivity index (χ2v) is 7.79. The van der Waals surface area contributed by atoms with Crippen molar-refractivity contribution < 1.29 is 23.2 Å². The zero-order chi connectivity index (χ0) is 20.1. The molecule has 1 heterocycles. The third-order valence-electron chi connectivity index (χ3n) is 4.09. The molecular weight excluding hydrogens is 388 g/mol. The normalized spacial score (nSPS) is 15.6. The number of benzene rings is 2. The molecule has 0 bridgehead atoms. The fourth-order valence-electron chi connectivity index (χ4n) is 2.62. The van der Waals surface area contributed by atoms with Crippen LogP contribution in [0.3, 0.4) is 0 Å². The van der Waals surface area contributed by atoms with Gasteiger partial charge in [-0.15, -0.1) is 0 Å². The van der Waals surface area contributed by atoms with E-state index in [-0.39, 0.29) is 48.3 Å². The number of phenolic OH excluding ortho intramolecular Hbond substituents is 1. The van der Waals surface area contributed by atoms with Crippen molar-refractivity contribution in [2.24, 2.45) is 5.10 Å². The van der Waals surface area contributed by atoms with Gasteiger partial charge in [-0.2, -0.15) is 9.41 Å². The Bertz CT molecular complexity index is 1000. The van der Waals surface area contributed by atoms with Gasteiger partial charge < -0.3 is 9.84 Å². The molecule has 11 heteroatoms. The summed E-state index contributed by atoms with van der Waals surface area (Å²) in [4.78, 5) is 10.2. The quantitative estimate of drug-likeness (QED) is 0.424. The summed E-state index contributed by atoms with van der Waals surface area (Å²) in [7, 11) is -3.99. The van der Waals surface area contributed by atoms with Crippen LogP contribution in [0, 0.1) is 10.1 Å². The molecule has 0 aliphatic carbocycles. The van der Waals surface area contributed by atoms with Crippen molar-refractivity contribution in [3.8, 4) is 5.75 Å². The average Bonchev–Trinajstić information content (AvgIpc) is 2.70. The Hall–Kier alpha value is -3.02. The molecule has 0 atom stereocenters. The summed E-state index contributed by atoms with van der Waals surface area (Å²) < 4.78 is 32.4. The zero-order valence-corrected chi connectivity index (χ0v) is 15.5. The molecule has 2 N–H and O–H groups in total. The monoisotopic (exact) mass is 406 g/mol. The maximum absolute atomic E-state index is 13.0. The van der Waals surface area contributed by atoms with Gasteiger partial charge in [0.2, 0.25) is 10.0 Å². The van der Waals surface area contributed by atoms with Crippen molar-refractivity contribution in [3.05, 3.63) is 58.1 Å². The first-order valence-corrected chi connectivity index (χ1v) is 9.77. The van der Waals surface area contributed by atoms with Crippen molar-refractivity contribution in [3.63, 3.8) is 0 Å². The van der Waals surface area contributed by atoms with Crippen LogP contribution in [0.2, 0.25) is 0 Å². The number of rotatable bonds is 6. The van der Waals surface area contributed by atoms with Gasteiger partial charge >= 0.3 is 0 Å². The topological polar surface area (TPSA) is 134 Å². The number of nitro benzene ring substituents is 1. The molecule has 0 radical (unpaired) electrons. The van der Waals surface area contributed by atoms with Crippen LogP contribution in [-0.4, -0.2) is 55.3 Å². The van der Waals surface area contributed by atoms with E-state index < -0.39 is 14.9 Å². The number of hydrazone groups is 1. The van der Waals surface area contributed by atoms with Crippen LogP contribution in [-0.2, 0) is 14.8 Å². The number of para-hydroxylation sites is 1. The van der Waals surface area contributed by atoms with Crippen molar-refractivity contribution in [1.82, 2.24) is 4.31 Å². The van der Waals surface area contributed by atoms with Gasteiger partial charge in [0, 0.05) is 30.8 Å². The number of nitro groups is 1. The van der Waals surface area contributed by atoms with Gasteiger partial charge in [-0.05, 0) is 18.2 Å². The van der Waals surface area contributed by atoms with E-state index in [1.165, 1.54) is 28.7 Å². The summed E-state index contributed by atoms with van der Waals surface area (Å²) in [5, 5.41) is 24.8. The number of hydrogen-bond donors (Lipinski definition) is 2. The predicted molar refractivity (Wildman–Crippen MR) is 102 cm³/mol. The Balaban J connectivity index is 1.94. The lowest BCUT2D eigenvalue weighted by atomic mass is 10.2. The van der Waals surface area contributed by atoms with Gasteiger partial charge in [0.25, 0.3) is 5.69 Å². The van der Waals surface area contributed by atoms with E-state index >= 15 is 0 Å². The fourth-order valence-corrected chi connectivity index (χ4v) is 4.19. The van der Waals surface area contributed by atoms with Crippen LogP contribution < -0.4 is 5.43 Å². The van der Waals surface area contributed by atoms with E-state index in [1.807, 2.05) is 0 Å². The number of nitrogens with one attached hydrogen (secondary N) is 1. The van der Waals surface area contributed by atoms with E-state index in [0.29, 0.717) is 5.56 Å². The summed E-state index contributed by atoms with van der Waals surface area (Å²) in [5.41, 5.74) is 2.77. The van der Waals surface area contributed by atoms with E-state index in [2.05, 4.69) is 10.5 Å². The first-order valence-electron chi connectivity index (χ1n) is 8.33. The van der Waals surface area contributed by atoms with Crippen molar-refractivity contribution in [2.75, 3.05) is 31.7 Å². The Kier molecular flexibility index (Phi) is 5.87. The van der Waals surface area contributed by atoms with Gasteiger partial charge in [-0.1, -0.05) is 12.1 Å². The summed E-state index contributed by atoms with van der Waals surface area (Å²) in [6.07, 6.45) is 1.32. The lowest BCUT2D eigenvalue weighted by Crippen LogP contribution is -2.40. The third-order valence-corrected chi connectivity index (χ3v) is 6.03.